The maximum absolute atomic E-state index is 12.7. The molecule has 6 nitrogen and oxygen atoms in total. The van der Waals surface area contributed by atoms with Gasteiger partial charge in [-0.15, -0.1) is 0 Å². The largest absolute Gasteiger partial charge is 0.396 e. The predicted molar refractivity (Wildman–Crippen MR) is 89.3 cm³/mol. The molecule has 1 aromatic rings. The Hall–Kier alpha value is -1.37. The molecule has 130 valence electrons. The summed E-state index contributed by atoms with van der Waals surface area (Å²) in [7, 11) is 1.93. The summed E-state index contributed by atoms with van der Waals surface area (Å²) in [5.41, 5.74) is 1.71. The van der Waals surface area contributed by atoms with Gasteiger partial charge in [-0.1, -0.05) is 6.92 Å². The second-order valence-electron chi connectivity index (χ2n) is 6.46. The van der Waals surface area contributed by atoms with Crippen molar-refractivity contribution in [3.8, 4) is 0 Å². The fourth-order valence-electron chi connectivity index (χ4n) is 3.37. The van der Waals surface area contributed by atoms with Crippen molar-refractivity contribution in [1.82, 2.24) is 14.4 Å². The monoisotopic (exact) mass is 323 g/mol. The van der Waals surface area contributed by atoms with E-state index in [0.29, 0.717) is 19.6 Å². The Balaban J connectivity index is 2.05. The van der Waals surface area contributed by atoms with Gasteiger partial charge in [0.05, 0.1) is 12.2 Å². The van der Waals surface area contributed by atoms with Gasteiger partial charge in [-0.3, -0.25) is 4.79 Å². The Labute approximate surface area is 138 Å². The molecule has 0 unspecified atom stereocenters. The zero-order chi connectivity index (χ0) is 17.0. The summed E-state index contributed by atoms with van der Waals surface area (Å²) < 4.78 is 1.95. The van der Waals surface area contributed by atoms with E-state index < -0.39 is 0 Å². The smallest absolute Gasteiger partial charge is 0.255 e. The molecular weight excluding hydrogens is 294 g/mol. The molecule has 0 saturated carbocycles. The number of hydrogen-bond acceptors (Lipinski definition) is 4. The molecule has 23 heavy (non-hydrogen) atoms. The summed E-state index contributed by atoms with van der Waals surface area (Å²) in [5.74, 6) is 0.407. The first-order valence-electron chi connectivity index (χ1n) is 8.37. The third kappa shape index (κ3) is 3.94. The van der Waals surface area contributed by atoms with Crippen molar-refractivity contribution in [3.63, 3.8) is 0 Å². The van der Waals surface area contributed by atoms with Gasteiger partial charge in [0.2, 0.25) is 0 Å². The van der Waals surface area contributed by atoms with Gasteiger partial charge in [-0.25, -0.2) is 0 Å². The van der Waals surface area contributed by atoms with Crippen LogP contribution in [-0.4, -0.2) is 76.4 Å². The number of likely N-dealkylation sites (tertiary alicyclic amines) is 1. The number of aliphatic hydroxyl groups excluding tert-OH is 2. The molecule has 2 heterocycles. The van der Waals surface area contributed by atoms with Crippen LogP contribution in [0.3, 0.4) is 0 Å². The number of carbonyl (C=O) groups excluding carboxylic acids is 1. The predicted octanol–water partition coefficient (Wildman–Crippen LogP) is 0.328. The van der Waals surface area contributed by atoms with E-state index in [1.54, 1.807) is 0 Å². The number of nitrogens with zero attached hydrogens (tertiary/aromatic N) is 3. The quantitative estimate of drug-likeness (QED) is 0.759. The van der Waals surface area contributed by atoms with Gasteiger partial charge in [0.15, 0.2) is 0 Å². The van der Waals surface area contributed by atoms with Crippen molar-refractivity contribution in [1.29, 1.82) is 0 Å². The Morgan fingerprint density at radius 2 is 2.04 bits per heavy atom. The van der Waals surface area contributed by atoms with Crippen molar-refractivity contribution in [3.05, 3.63) is 23.5 Å². The molecule has 1 amide bonds. The number of rotatable bonds is 7. The highest BCUT2D eigenvalue weighted by molar-refractivity contribution is 5.95. The summed E-state index contributed by atoms with van der Waals surface area (Å²) in [4.78, 5) is 16.8. The fourth-order valence-corrected chi connectivity index (χ4v) is 3.37. The molecule has 1 aromatic heterocycles. The number of aliphatic hydroxyl groups is 2. The van der Waals surface area contributed by atoms with E-state index in [2.05, 4.69) is 11.8 Å². The van der Waals surface area contributed by atoms with Crippen molar-refractivity contribution >= 4 is 5.91 Å². The van der Waals surface area contributed by atoms with Gasteiger partial charge in [0.25, 0.3) is 5.91 Å². The third-order valence-corrected chi connectivity index (χ3v) is 5.07. The van der Waals surface area contributed by atoms with E-state index in [4.69, 9.17) is 5.11 Å². The van der Waals surface area contributed by atoms with Crippen molar-refractivity contribution in [2.24, 2.45) is 18.9 Å². The molecule has 0 spiro atoms. The number of amides is 1. The summed E-state index contributed by atoms with van der Waals surface area (Å²) in [5, 5.41) is 18.8. The molecule has 6 heteroatoms. The minimum atomic E-state index is 0.0502. The van der Waals surface area contributed by atoms with Crippen molar-refractivity contribution in [2.75, 3.05) is 45.9 Å². The first-order chi connectivity index (χ1) is 11.0. The fraction of sp³-hybridized carbons (Fsp3) is 0.706. The number of carbonyl (C=O) groups is 1. The van der Waals surface area contributed by atoms with E-state index in [1.165, 1.54) is 0 Å². The molecule has 0 bridgehead atoms. The van der Waals surface area contributed by atoms with Crippen molar-refractivity contribution in [2.45, 2.75) is 13.8 Å². The number of aromatic nitrogens is 1. The molecule has 0 radical (unpaired) electrons. The molecule has 1 aliphatic rings. The highest BCUT2D eigenvalue weighted by Gasteiger charge is 2.36. The maximum atomic E-state index is 12.7. The molecule has 2 N–H and O–H groups in total. The summed E-state index contributed by atoms with van der Waals surface area (Å²) in [6.45, 7) is 7.82. The van der Waals surface area contributed by atoms with Gasteiger partial charge < -0.3 is 24.6 Å². The highest BCUT2D eigenvalue weighted by Crippen LogP contribution is 2.26. The van der Waals surface area contributed by atoms with Gasteiger partial charge in [0.1, 0.15) is 0 Å². The van der Waals surface area contributed by atoms with Crippen LogP contribution >= 0.6 is 0 Å². The molecule has 1 aliphatic heterocycles. The first kappa shape index (κ1) is 18.0. The van der Waals surface area contributed by atoms with Crippen LogP contribution < -0.4 is 0 Å². The zero-order valence-corrected chi connectivity index (χ0v) is 14.4. The SMILES string of the molecule is CCN(CCO)C[C@@H]1CN(C(=O)c2ccn(C)c2C)C[C@@H]1CO. The lowest BCUT2D eigenvalue weighted by Crippen LogP contribution is -2.36. The van der Waals surface area contributed by atoms with Crippen LogP contribution in [-0.2, 0) is 7.05 Å². The Morgan fingerprint density at radius 1 is 1.35 bits per heavy atom. The molecule has 1 saturated heterocycles. The molecule has 0 aromatic carbocycles. The van der Waals surface area contributed by atoms with Crippen LogP contribution in [0.5, 0.6) is 0 Å². The van der Waals surface area contributed by atoms with E-state index in [0.717, 1.165) is 24.3 Å². The molecular formula is C17H29N3O3. The van der Waals surface area contributed by atoms with Crippen LogP contribution in [0.15, 0.2) is 12.3 Å². The van der Waals surface area contributed by atoms with E-state index in [1.807, 2.05) is 35.7 Å². The molecule has 2 atom stereocenters. The van der Waals surface area contributed by atoms with Gasteiger partial charge in [-0.2, -0.15) is 0 Å². The summed E-state index contributed by atoms with van der Waals surface area (Å²) >= 11 is 0. The summed E-state index contributed by atoms with van der Waals surface area (Å²) in [6.07, 6.45) is 1.90. The van der Waals surface area contributed by atoms with Crippen LogP contribution in [0.25, 0.3) is 0 Å². The topological polar surface area (TPSA) is 68.9 Å². The normalized spacial score (nSPS) is 21.4. The Kier molecular flexibility index (Phi) is 6.21. The minimum absolute atomic E-state index is 0.0502. The van der Waals surface area contributed by atoms with Crippen LogP contribution in [0.2, 0.25) is 0 Å². The lowest BCUT2D eigenvalue weighted by atomic mass is 9.96. The van der Waals surface area contributed by atoms with Gasteiger partial charge in [0, 0.05) is 57.6 Å². The number of aryl methyl sites for hydroxylation is 1. The second-order valence-corrected chi connectivity index (χ2v) is 6.46. The first-order valence-corrected chi connectivity index (χ1v) is 8.37. The van der Waals surface area contributed by atoms with Gasteiger partial charge >= 0.3 is 0 Å². The average Bonchev–Trinajstić information content (AvgIpc) is 3.10. The maximum Gasteiger partial charge on any atom is 0.255 e. The number of hydrogen-bond donors (Lipinski definition) is 2. The van der Waals surface area contributed by atoms with E-state index in [9.17, 15) is 9.90 Å². The molecule has 0 aliphatic carbocycles. The molecule has 1 fully saturated rings. The van der Waals surface area contributed by atoms with Crippen LogP contribution in [0.4, 0.5) is 0 Å². The average molecular weight is 323 g/mol. The summed E-state index contributed by atoms with van der Waals surface area (Å²) in [6, 6.07) is 1.86. The Morgan fingerprint density at radius 3 is 2.57 bits per heavy atom. The Bertz CT molecular complexity index is 529. The van der Waals surface area contributed by atoms with Crippen LogP contribution in [0, 0.1) is 18.8 Å². The third-order valence-electron chi connectivity index (χ3n) is 5.07. The zero-order valence-electron chi connectivity index (χ0n) is 14.4. The minimum Gasteiger partial charge on any atom is -0.396 e. The second kappa shape index (κ2) is 7.95. The number of likely N-dealkylation sites (N-methyl/N-ethyl adjacent to an activating group) is 1. The lowest BCUT2D eigenvalue weighted by Gasteiger charge is -2.25. The van der Waals surface area contributed by atoms with E-state index >= 15 is 0 Å². The standard InChI is InChI=1S/C17H29N3O3/c1-4-19(7-8-21)9-14-10-20(11-15(14)12-22)17(23)16-5-6-18(3)13(16)2/h5-6,14-15,21-22H,4,7-12H2,1-3H3/t14-,15-/m1/s1. The van der Waals surface area contributed by atoms with Crippen molar-refractivity contribution < 1.29 is 15.0 Å². The van der Waals surface area contributed by atoms with Crippen LogP contribution in [0.1, 0.15) is 23.0 Å². The lowest BCUT2D eigenvalue weighted by molar-refractivity contribution is 0.0777. The molecule has 2 rings (SSSR count). The van der Waals surface area contributed by atoms with Gasteiger partial charge in [-0.05, 0) is 25.5 Å². The van der Waals surface area contributed by atoms with E-state index in [-0.39, 0.29) is 31.0 Å². The highest BCUT2D eigenvalue weighted by atomic mass is 16.3.